The number of halogens is 1. The van der Waals surface area contributed by atoms with E-state index < -0.39 is 17.4 Å². The van der Waals surface area contributed by atoms with Crippen molar-refractivity contribution in [2.75, 3.05) is 12.0 Å². The number of hydrogen-bond acceptors (Lipinski definition) is 7. The molecule has 0 aliphatic carbocycles. The number of hydrazone groups is 1. The predicted octanol–water partition coefficient (Wildman–Crippen LogP) is 2.46. The summed E-state index contributed by atoms with van der Waals surface area (Å²) < 4.78 is 9.30. The molecule has 4 aromatic rings. The molecule has 0 spiro atoms. The molecule has 11 heteroatoms. The van der Waals surface area contributed by atoms with Gasteiger partial charge in [0.1, 0.15) is 18.5 Å². The first-order valence-electron chi connectivity index (χ1n) is 10.4. The van der Waals surface area contributed by atoms with Gasteiger partial charge in [-0.25, -0.2) is 10.2 Å². The van der Waals surface area contributed by atoms with Crippen molar-refractivity contribution >= 4 is 38.8 Å². The highest BCUT2D eigenvalue weighted by atomic mass is 79.9. The number of benzene rings is 2. The van der Waals surface area contributed by atoms with Gasteiger partial charge in [-0.1, -0.05) is 46.3 Å². The zero-order valence-corrected chi connectivity index (χ0v) is 20.1. The Bertz CT molecular complexity index is 1440. The summed E-state index contributed by atoms with van der Waals surface area (Å²) in [4.78, 5) is 31.4. The maximum Gasteiger partial charge on any atom is 0.329 e. The molecular formula is C23H23BrN6O4. The number of aliphatic hydroxyl groups is 1. The van der Waals surface area contributed by atoms with Gasteiger partial charge in [0.15, 0.2) is 11.2 Å². The molecule has 0 fully saturated rings. The summed E-state index contributed by atoms with van der Waals surface area (Å²) >= 11 is 3.36. The molecule has 0 bridgehead atoms. The first-order chi connectivity index (χ1) is 16.3. The minimum atomic E-state index is -0.975. The zero-order chi connectivity index (χ0) is 24.2. The number of H-pyrrole nitrogens is 1. The van der Waals surface area contributed by atoms with Crippen LogP contribution in [0.2, 0.25) is 0 Å². The molecule has 0 aliphatic heterocycles. The molecule has 0 amide bonds. The maximum atomic E-state index is 12.6. The molecule has 2 aromatic heterocycles. The molecule has 176 valence electrons. The molecule has 0 radical (unpaired) electrons. The zero-order valence-electron chi connectivity index (χ0n) is 18.5. The lowest BCUT2D eigenvalue weighted by molar-refractivity contribution is 0.0938. The van der Waals surface area contributed by atoms with Gasteiger partial charge < -0.3 is 14.4 Å². The molecule has 4 rings (SSSR count). The van der Waals surface area contributed by atoms with E-state index in [0.717, 1.165) is 10.0 Å². The lowest BCUT2D eigenvalue weighted by Crippen LogP contribution is -2.30. The van der Waals surface area contributed by atoms with Crippen LogP contribution in [-0.2, 0) is 13.6 Å². The molecule has 34 heavy (non-hydrogen) atoms. The number of anilines is 1. The molecular weight excluding hydrogens is 504 g/mol. The number of aromatic amines is 1. The average molecular weight is 527 g/mol. The standard InChI is InChI=1S/C23H23BrN6O4/c1-14(15-6-4-3-5-7-15)27-28-22-25-20-19(21(32)26-23(33)29(20)2)30(22)12-17(31)13-34-18-10-8-16(24)9-11-18/h3-11,17,31H,12-13H2,1-2H3,(H,25,28)(H,26,32,33)/b27-14-/t17-/m1/s1. The average Bonchev–Trinajstić information content (AvgIpc) is 3.20. The van der Waals surface area contributed by atoms with Crippen LogP contribution < -0.4 is 21.4 Å². The highest BCUT2D eigenvalue weighted by Crippen LogP contribution is 2.19. The van der Waals surface area contributed by atoms with Gasteiger partial charge in [0.25, 0.3) is 5.56 Å². The predicted molar refractivity (Wildman–Crippen MR) is 134 cm³/mol. The number of imidazole rings is 1. The number of rotatable bonds is 8. The van der Waals surface area contributed by atoms with E-state index in [2.05, 4.69) is 36.4 Å². The van der Waals surface area contributed by atoms with Crippen LogP contribution in [0.5, 0.6) is 5.75 Å². The first kappa shape index (κ1) is 23.5. The van der Waals surface area contributed by atoms with Crippen LogP contribution in [0.25, 0.3) is 11.2 Å². The van der Waals surface area contributed by atoms with Crippen molar-refractivity contribution in [3.8, 4) is 5.75 Å². The van der Waals surface area contributed by atoms with Gasteiger partial charge in [-0.15, -0.1) is 0 Å². The number of ether oxygens (including phenoxy) is 1. The van der Waals surface area contributed by atoms with Gasteiger partial charge in [-0.2, -0.15) is 10.1 Å². The third-order valence-electron chi connectivity index (χ3n) is 5.17. The summed E-state index contributed by atoms with van der Waals surface area (Å²) in [5, 5.41) is 15.0. The van der Waals surface area contributed by atoms with E-state index >= 15 is 0 Å². The number of aryl methyl sites for hydroxylation is 1. The number of aromatic nitrogens is 4. The van der Waals surface area contributed by atoms with Crippen molar-refractivity contribution in [2.24, 2.45) is 12.1 Å². The largest absolute Gasteiger partial charge is 0.491 e. The quantitative estimate of drug-likeness (QED) is 0.239. The van der Waals surface area contributed by atoms with Crippen LogP contribution in [0, 0.1) is 0 Å². The lowest BCUT2D eigenvalue weighted by Gasteiger charge is -2.15. The van der Waals surface area contributed by atoms with E-state index in [4.69, 9.17) is 4.74 Å². The Labute approximate surface area is 202 Å². The van der Waals surface area contributed by atoms with Crippen molar-refractivity contribution in [3.63, 3.8) is 0 Å². The highest BCUT2D eigenvalue weighted by Gasteiger charge is 2.20. The highest BCUT2D eigenvalue weighted by molar-refractivity contribution is 9.10. The number of nitrogens with zero attached hydrogens (tertiary/aromatic N) is 4. The van der Waals surface area contributed by atoms with E-state index in [1.807, 2.05) is 49.4 Å². The third kappa shape index (κ3) is 5.10. The van der Waals surface area contributed by atoms with Gasteiger partial charge in [0, 0.05) is 11.5 Å². The molecule has 0 aliphatic rings. The van der Waals surface area contributed by atoms with Gasteiger partial charge in [0.05, 0.1) is 12.3 Å². The summed E-state index contributed by atoms with van der Waals surface area (Å²) in [7, 11) is 1.51. The van der Waals surface area contributed by atoms with Crippen LogP contribution in [-0.4, -0.2) is 42.6 Å². The Balaban J connectivity index is 1.64. The third-order valence-corrected chi connectivity index (χ3v) is 5.70. The van der Waals surface area contributed by atoms with E-state index in [-0.39, 0.29) is 30.3 Å². The molecule has 10 nitrogen and oxygen atoms in total. The summed E-state index contributed by atoms with van der Waals surface area (Å²) in [5.74, 6) is 0.805. The SMILES string of the molecule is C/C(=N/Nc1nc2c(c(=O)[nH]c(=O)n2C)n1C[C@@H](O)COc1ccc(Br)cc1)c1ccccc1. The number of nitrogens with one attached hydrogen (secondary N) is 2. The van der Waals surface area contributed by atoms with E-state index in [1.54, 1.807) is 12.1 Å². The van der Waals surface area contributed by atoms with Crippen molar-refractivity contribution in [3.05, 3.63) is 85.5 Å². The second-order valence-electron chi connectivity index (χ2n) is 7.63. The topological polar surface area (TPSA) is 127 Å². The molecule has 2 aromatic carbocycles. The van der Waals surface area contributed by atoms with Crippen LogP contribution in [0.15, 0.2) is 73.8 Å². The second-order valence-corrected chi connectivity index (χ2v) is 8.55. The molecule has 2 heterocycles. The van der Waals surface area contributed by atoms with Gasteiger partial charge in [-0.3, -0.25) is 14.3 Å². The minimum Gasteiger partial charge on any atom is -0.491 e. The Morgan fingerprint density at radius 3 is 2.62 bits per heavy atom. The van der Waals surface area contributed by atoms with Gasteiger partial charge in [-0.05, 0) is 36.8 Å². The van der Waals surface area contributed by atoms with Crippen molar-refractivity contribution in [2.45, 2.75) is 19.6 Å². The van der Waals surface area contributed by atoms with Gasteiger partial charge in [0.2, 0.25) is 5.95 Å². The second kappa shape index (κ2) is 10.1. The molecule has 3 N–H and O–H groups in total. The van der Waals surface area contributed by atoms with Crippen LogP contribution >= 0.6 is 15.9 Å². The van der Waals surface area contributed by atoms with Crippen molar-refractivity contribution in [1.82, 2.24) is 19.1 Å². The summed E-state index contributed by atoms with van der Waals surface area (Å²) in [5.41, 5.74) is 3.59. The Hall–Kier alpha value is -3.70. The fourth-order valence-corrected chi connectivity index (χ4v) is 3.63. The Kier molecular flexibility index (Phi) is 6.94. The summed E-state index contributed by atoms with van der Waals surface area (Å²) in [6.45, 7) is 1.80. The van der Waals surface area contributed by atoms with E-state index in [1.165, 1.54) is 16.2 Å². The molecule has 0 saturated heterocycles. The Morgan fingerprint density at radius 2 is 1.91 bits per heavy atom. The van der Waals surface area contributed by atoms with Gasteiger partial charge >= 0.3 is 5.69 Å². The molecule has 1 atom stereocenters. The van der Waals surface area contributed by atoms with Crippen LogP contribution in [0.3, 0.4) is 0 Å². The molecule has 0 unspecified atom stereocenters. The fourth-order valence-electron chi connectivity index (χ4n) is 3.36. The Morgan fingerprint density at radius 1 is 1.21 bits per heavy atom. The number of aliphatic hydroxyl groups excluding tert-OH is 1. The molecule has 0 saturated carbocycles. The first-order valence-corrected chi connectivity index (χ1v) is 11.2. The van der Waals surface area contributed by atoms with Crippen LogP contribution in [0.1, 0.15) is 12.5 Å². The summed E-state index contributed by atoms with van der Waals surface area (Å²) in [6.07, 6.45) is -0.975. The maximum absolute atomic E-state index is 12.6. The normalized spacial score (nSPS) is 12.6. The summed E-state index contributed by atoms with van der Waals surface area (Å²) in [6, 6.07) is 16.8. The van der Waals surface area contributed by atoms with Crippen molar-refractivity contribution < 1.29 is 9.84 Å². The number of hydrogen-bond donors (Lipinski definition) is 3. The van der Waals surface area contributed by atoms with Crippen LogP contribution in [0.4, 0.5) is 5.95 Å². The number of fused-ring (bicyclic) bond motifs is 1. The minimum absolute atomic E-state index is 0.0171. The van der Waals surface area contributed by atoms with E-state index in [9.17, 15) is 14.7 Å². The van der Waals surface area contributed by atoms with E-state index in [0.29, 0.717) is 11.5 Å². The monoisotopic (exact) mass is 526 g/mol. The van der Waals surface area contributed by atoms with Crippen molar-refractivity contribution in [1.29, 1.82) is 0 Å². The lowest BCUT2D eigenvalue weighted by atomic mass is 10.1. The fraction of sp³-hybridized carbons (Fsp3) is 0.217. The smallest absolute Gasteiger partial charge is 0.329 e.